The van der Waals surface area contributed by atoms with Crippen molar-refractivity contribution >= 4 is 25.1 Å². The Morgan fingerprint density at radius 1 is 1.28 bits per heavy atom. The van der Waals surface area contributed by atoms with Crippen LogP contribution in [-0.2, 0) is 14.1 Å². The van der Waals surface area contributed by atoms with Crippen molar-refractivity contribution in [1.82, 2.24) is 10.3 Å². The van der Waals surface area contributed by atoms with E-state index < -0.39 is 24.3 Å². The van der Waals surface area contributed by atoms with Gasteiger partial charge >= 0.3 is 13.1 Å². The average Bonchev–Trinajstić information content (AvgIpc) is 2.71. The van der Waals surface area contributed by atoms with E-state index in [4.69, 9.17) is 14.4 Å². The van der Waals surface area contributed by atoms with E-state index in [1.165, 1.54) is 25.3 Å². The van der Waals surface area contributed by atoms with E-state index >= 15 is 0 Å². The predicted molar refractivity (Wildman–Crippen MR) is 93.9 cm³/mol. The molecule has 1 saturated heterocycles. The highest BCUT2D eigenvalue weighted by Gasteiger charge is 2.52. The van der Waals surface area contributed by atoms with Crippen LogP contribution in [0.2, 0.25) is 0 Å². The van der Waals surface area contributed by atoms with E-state index in [1.807, 2.05) is 27.7 Å². The third kappa shape index (κ3) is 4.46. The molecule has 134 valence electrons. The lowest BCUT2D eigenvalue weighted by Crippen LogP contribution is -2.41. The number of carboxylic acids is 1. The molecule has 1 aromatic rings. The molecule has 0 aliphatic carbocycles. The molecule has 1 aliphatic heterocycles. The number of hydrogen-bond donors (Lipinski definition) is 2. The van der Waals surface area contributed by atoms with Crippen LogP contribution in [0, 0.1) is 0 Å². The zero-order chi connectivity index (χ0) is 18.8. The fourth-order valence-corrected chi connectivity index (χ4v) is 2.27. The second-order valence-corrected chi connectivity index (χ2v) is 6.99. The Bertz CT molecular complexity index is 699. The van der Waals surface area contributed by atoms with Gasteiger partial charge in [-0.1, -0.05) is 0 Å². The molecular weight excluding hydrogens is 323 g/mol. The molecule has 0 aromatic carbocycles. The number of nitrogens with one attached hydrogen (secondary N) is 1. The Labute approximate surface area is 147 Å². The SMILES string of the molecule is CC(=O)NCC(=Cc1cc(C(=O)O)ccn1)B1OC(C)(C)C(C)(C)O1. The number of rotatable bonds is 5. The van der Waals surface area contributed by atoms with Gasteiger partial charge in [0.15, 0.2) is 0 Å². The maximum absolute atomic E-state index is 11.3. The van der Waals surface area contributed by atoms with Gasteiger partial charge in [-0.25, -0.2) is 4.79 Å². The Balaban J connectivity index is 2.35. The topological polar surface area (TPSA) is 97.8 Å². The summed E-state index contributed by atoms with van der Waals surface area (Å²) in [5, 5.41) is 11.8. The highest BCUT2D eigenvalue weighted by atomic mass is 16.7. The zero-order valence-electron chi connectivity index (χ0n) is 15.1. The van der Waals surface area contributed by atoms with Gasteiger partial charge in [-0.3, -0.25) is 9.78 Å². The second-order valence-electron chi connectivity index (χ2n) is 6.99. The minimum atomic E-state index is -1.03. The highest BCUT2D eigenvalue weighted by molar-refractivity contribution is 6.56. The number of hydrogen-bond acceptors (Lipinski definition) is 5. The quantitative estimate of drug-likeness (QED) is 0.791. The van der Waals surface area contributed by atoms with Gasteiger partial charge in [0.25, 0.3) is 0 Å². The molecule has 0 radical (unpaired) electrons. The molecule has 1 fully saturated rings. The van der Waals surface area contributed by atoms with Crippen molar-refractivity contribution < 1.29 is 24.0 Å². The summed E-state index contributed by atoms with van der Waals surface area (Å²) in [5.74, 6) is -1.22. The van der Waals surface area contributed by atoms with Crippen LogP contribution in [0.1, 0.15) is 50.7 Å². The van der Waals surface area contributed by atoms with E-state index in [0.717, 1.165) is 0 Å². The van der Waals surface area contributed by atoms with Crippen LogP contribution >= 0.6 is 0 Å². The molecule has 0 unspecified atom stereocenters. The van der Waals surface area contributed by atoms with Crippen molar-refractivity contribution in [3.63, 3.8) is 0 Å². The molecule has 0 saturated carbocycles. The molecule has 1 aliphatic rings. The van der Waals surface area contributed by atoms with Gasteiger partial charge in [0.1, 0.15) is 0 Å². The Morgan fingerprint density at radius 2 is 1.88 bits per heavy atom. The smallest absolute Gasteiger partial charge is 0.478 e. The Morgan fingerprint density at radius 3 is 2.40 bits per heavy atom. The van der Waals surface area contributed by atoms with Crippen molar-refractivity contribution in [3.05, 3.63) is 35.1 Å². The minimum Gasteiger partial charge on any atom is -0.478 e. The number of aromatic carboxylic acids is 1. The van der Waals surface area contributed by atoms with Crippen molar-refractivity contribution in [2.45, 2.75) is 45.8 Å². The van der Waals surface area contributed by atoms with Crippen molar-refractivity contribution in [3.8, 4) is 0 Å². The summed E-state index contributed by atoms with van der Waals surface area (Å²) in [5.41, 5.74) is 0.194. The van der Waals surface area contributed by atoms with Gasteiger partial charge in [0.2, 0.25) is 5.91 Å². The van der Waals surface area contributed by atoms with Crippen LogP contribution in [0.5, 0.6) is 0 Å². The van der Waals surface area contributed by atoms with Gasteiger partial charge < -0.3 is 19.7 Å². The summed E-state index contributed by atoms with van der Waals surface area (Å²) in [7, 11) is -0.660. The highest BCUT2D eigenvalue weighted by Crippen LogP contribution is 2.38. The number of pyridine rings is 1. The monoisotopic (exact) mass is 346 g/mol. The summed E-state index contributed by atoms with van der Waals surface area (Å²) in [6.07, 6.45) is 3.11. The summed E-state index contributed by atoms with van der Waals surface area (Å²) < 4.78 is 12.0. The first-order valence-corrected chi connectivity index (χ1v) is 8.02. The molecule has 2 rings (SSSR count). The van der Waals surface area contributed by atoms with Gasteiger partial charge in [-0.2, -0.15) is 0 Å². The van der Waals surface area contributed by atoms with Crippen LogP contribution in [0.4, 0.5) is 0 Å². The van der Waals surface area contributed by atoms with Crippen LogP contribution in [-0.4, -0.2) is 46.8 Å². The molecule has 0 atom stereocenters. The zero-order valence-corrected chi connectivity index (χ0v) is 15.1. The number of amides is 1. The first kappa shape index (κ1) is 19.1. The first-order valence-electron chi connectivity index (χ1n) is 8.02. The summed E-state index contributed by atoms with van der Waals surface area (Å²) in [6.45, 7) is 9.38. The van der Waals surface area contributed by atoms with Gasteiger partial charge in [0, 0.05) is 19.7 Å². The van der Waals surface area contributed by atoms with E-state index in [-0.39, 0.29) is 18.0 Å². The third-order valence-corrected chi connectivity index (χ3v) is 4.46. The van der Waals surface area contributed by atoms with Crippen molar-refractivity contribution in [2.75, 3.05) is 6.54 Å². The molecule has 7 nitrogen and oxygen atoms in total. The van der Waals surface area contributed by atoms with Crippen molar-refractivity contribution in [2.24, 2.45) is 0 Å². The molecular formula is C17H23BN2O5. The molecule has 25 heavy (non-hydrogen) atoms. The lowest BCUT2D eigenvalue weighted by molar-refractivity contribution is -0.118. The molecule has 0 spiro atoms. The normalized spacial score (nSPS) is 18.9. The van der Waals surface area contributed by atoms with Crippen molar-refractivity contribution in [1.29, 1.82) is 0 Å². The fourth-order valence-electron chi connectivity index (χ4n) is 2.27. The number of carbonyl (C=O) groups excluding carboxylic acids is 1. The van der Waals surface area contributed by atoms with Crippen LogP contribution in [0.15, 0.2) is 23.8 Å². The number of nitrogens with zero attached hydrogens (tertiary/aromatic N) is 1. The largest absolute Gasteiger partial charge is 0.492 e. The number of carbonyl (C=O) groups is 2. The second kappa shape index (κ2) is 6.97. The summed E-state index contributed by atoms with van der Waals surface area (Å²) in [4.78, 5) is 26.6. The van der Waals surface area contributed by atoms with E-state index in [1.54, 1.807) is 6.08 Å². The van der Waals surface area contributed by atoms with Crippen LogP contribution in [0.3, 0.4) is 0 Å². The average molecular weight is 346 g/mol. The molecule has 8 heteroatoms. The molecule has 2 heterocycles. The summed E-state index contributed by atoms with van der Waals surface area (Å²) in [6, 6.07) is 2.88. The Kier molecular flexibility index (Phi) is 5.34. The third-order valence-electron chi connectivity index (χ3n) is 4.46. The lowest BCUT2D eigenvalue weighted by Gasteiger charge is -2.32. The van der Waals surface area contributed by atoms with Crippen LogP contribution in [0.25, 0.3) is 6.08 Å². The van der Waals surface area contributed by atoms with Gasteiger partial charge in [0.05, 0.1) is 22.5 Å². The van der Waals surface area contributed by atoms with Crippen LogP contribution < -0.4 is 5.32 Å². The number of carboxylic acid groups (broad SMARTS) is 1. The van der Waals surface area contributed by atoms with E-state index in [2.05, 4.69) is 10.3 Å². The maximum atomic E-state index is 11.3. The van der Waals surface area contributed by atoms with E-state index in [0.29, 0.717) is 11.2 Å². The minimum absolute atomic E-state index is 0.133. The number of aromatic nitrogens is 1. The van der Waals surface area contributed by atoms with Gasteiger partial charge in [-0.05, 0) is 51.4 Å². The van der Waals surface area contributed by atoms with E-state index in [9.17, 15) is 9.59 Å². The predicted octanol–water partition coefficient (Wildman–Crippen LogP) is 1.93. The Hall–Kier alpha value is -2.19. The molecule has 2 N–H and O–H groups in total. The summed E-state index contributed by atoms with van der Waals surface area (Å²) >= 11 is 0. The maximum Gasteiger partial charge on any atom is 0.492 e. The molecule has 1 aromatic heterocycles. The standard InChI is InChI=1S/C17H23BN2O5/c1-11(21)20-10-13(18-24-16(2,3)17(4,5)25-18)9-14-8-12(15(22)23)6-7-19-14/h6-9H,10H2,1-5H3,(H,20,21)(H,22,23). The molecule has 0 bridgehead atoms. The first-order chi connectivity index (χ1) is 11.5. The fraction of sp³-hybridized carbons (Fsp3) is 0.471. The van der Waals surface area contributed by atoms with Gasteiger partial charge in [-0.15, -0.1) is 0 Å². The lowest BCUT2D eigenvalue weighted by atomic mass is 9.77. The molecule has 1 amide bonds.